The number of benzene rings is 2. The highest BCUT2D eigenvalue weighted by Gasteiger charge is 2.34. The minimum Gasteiger partial charge on any atom is -0.457 e. The molecular formula is C28H20Cl2N2O5. The van der Waals surface area contributed by atoms with Gasteiger partial charge in [-0.3, -0.25) is 14.5 Å². The average Bonchev–Trinajstić information content (AvgIpc) is 3.35. The fourth-order valence-electron chi connectivity index (χ4n) is 3.82. The number of ether oxygens (including phenoxy) is 1. The Balaban J connectivity index is 1.60. The second kappa shape index (κ2) is 10.9. The maximum atomic E-state index is 12.8. The van der Waals surface area contributed by atoms with Gasteiger partial charge in [0.15, 0.2) is 0 Å². The quantitative estimate of drug-likeness (QED) is 0.211. The Labute approximate surface area is 223 Å². The summed E-state index contributed by atoms with van der Waals surface area (Å²) in [5.41, 5.74) is 1.77. The van der Waals surface area contributed by atoms with Crippen LogP contribution in [0.25, 0.3) is 17.4 Å². The molecule has 0 saturated carbocycles. The van der Waals surface area contributed by atoms with Gasteiger partial charge in [-0.15, -0.1) is 0 Å². The van der Waals surface area contributed by atoms with Crippen molar-refractivity contribution in [2.24, 2.45) is 0 Å². The molecule has 1 aromatic heterocycles. The van der Waals surface area contributed by atoms with Gasteiger partial charge in [-0.2, -0.15) is 5.26 Å². The van der Waals surface area contributed by atoms with Crippen LogP contribution in [-0.2, 0) is 20.9 Å². The van der Waals surface area contributed by atoms with Gasteiger partial charge in [-0.1, -0.05) is 41.4 Å². The van der Waals surface area contributed by atoms with Crippen molar-refractivity contribution in [3.05, 3.63) is 98.2 Å². The molecule has 186 valence electrons. The van der Waals surface area contributed by atoms with Gasteiger partial charge in [0.05, 0.1) is 10.6 Å². The summed E-state index contributed by atoms with van der Waals surface area (Å²) in [6.45, 7) is 3.33. The number of amides is 2. The maximum absolute atomic E-state index is 12.8. The molecule has 0 N–H and O–H groups in total. The van der Waals surface area contributed by atoms with Crippen LogP contribution in [0.15, 0.2) is 75.7 Å². The second-order valence-corrected chi connectivity index (χ2v) is 8.90. The molecule has 4 rings (SSSR count). The minimum atomic E-state index is -0.623. The molecule has 0 radical (unpaired) electrons. The lowest BCUT2D eigenvalue weighted by Gasteiger charge is -2.25. The van der Waals surface area contributed by atoms with Crippen LogP contribution in [0, 0.1) is 11.3 Å². The van der Waals surface area contributed by atoms with Gasteiger partial charge < -0.3 is 9.15 Å². The van der Waals surface area contributed by atoms with Crippen LogP contribution < -0.4 is 0 Å². The number of carbonyl (C=O) groups excluding carboxylic acids is 3. The van der Waals surface area contributed by atoms with Crippen molar-refractivity contribution in [3.8, 4) is 17.4 Å². The van der Waals surface area contributed by atoms with E-state index in [4.69, 9.17) is 32.4 Å². The normalized spacial score (nSPS) is 14.8. The van der Waals surface area contributed by atoms with Gasteiger partial charge in [0.1, 0.15) is 29.8 Å². The number of esters is 1. The van der Waals surface area contributed by atoms with E-state index < -0.39 is 17.8 Å². The lowest BCUT2D eigenvalue weighted by Crippen LogP contribution is -2.42. The van der Waals surface area contributed by atoms with E-state index in [0.717, 1.165) is 4.90 Å². The first-order valence-electron chi connectivity index (χ1n) is 11.2. The number of imide groups is 1. The van der Waals surface area contributed by atoms with E-state index in [1.165, 1.54) is 6.08 Å². The van der Waals surface area contributed by atoms with Crippen molar-refractivity contribution in [2.45, 2.75) is 20.5 Å². The fourth-order valence-corrected chi connectivity index (χ4v) is 4.20. The number of hydrogen-bond acceptors (Lipinski definition) is 6. The fraction of sp³-hybridized carbons (Fsp3) is 0.143. The molecule has 0 spiro atoms. The van der Waals surface area contributed by atoms with Gasteiger partial charge in [0.25, 0.3) is 11.8 Å². The third-order valence-corrected chi connectivity index (χ3v) is 6.54. The highest BCUT2D eigenvalue weighted by Crippen LogP contribution is 2.31. The number of furan rings is 1. The maximum Gasteiger partial charge on any atom is 0.340 e. The zero-order valence-corrected chi connectivity index (χ0v) is 21.4. The van der Waals surface area contributed by atoms with E-state index in [2.05, 4.69) is 0 Å². The van der Waals surface area contributed by atoms with Crippen LogP contribution in [0.5, 0.6) is 0 Å². The summed E-state index contributed by atoms with van der Waals surface area (Å²) in [6.07, 6.45) is 1.49. The monoisotopic (exact) mass is 534 g/mol. The van der Waals surface area contributed by atoms with Gasteiger partial charge in [0, 0.05) is 28.3 Å². The van der Waals surface area contributed by atoms with Crippen LogP contribution in [-0.4, -0.2) is 29.2 Å². The Bertz CT molecular complexity index is 1530. The molecule has 37 heavy (non-hydrogen) atoms. The summed E-state index contributed by atoms with van der Waals surface area (Å²) < 4.78 is 11.3. The van der Waals surface area contributed by atoms with Crippen LogP contribution >= 0.6 is 23.2 Å². The Hall–Kier alpha value is -4.12. The number of nitrogens with zero attached hydrogens (tertiary/aromatic N) is 2. The van der Waals surface area contributed by atoms with Crippen molar-refractivity contribution in [1.29, 1.82) is 5.26 Å². The van der Waals surface area contributed by atoms with Gasteiger partial charge in [-0.25, -0.2) is 4.79 Å². The molecule has 2 aromatic carbocycles. The van der Waals surface area contributed by atoms with Crippen LogP contribution in [0.1, 0.15) is 35.5 Å². The van der Waals surface area contributed by atoms with Crippen molar-refractivity contribution < 1.29 is 23.5 Å². The zero-order valence-electron chi connectivity index (χ0n) is 19.9. The molecule has 3 aromatic rings. The topological polar surface area (TPSA) is 101 Å². The molecule has 0 fully saturated rings. The summed E-state index contributed by atoms with van der Waals surface area (Å²) >= 11 is 12.4. The highest BCUT2D eigenvalue weighted by atomic mass is 35.5. The molecular weight excluding hydrogens is 515 g/mol. The molecule has 9 heteroatoms. The SMILES string of the molecule is CCN1C(=O)C(C#N)=C(C)/C(=C/c2ccc(-c3ccc(Cl)c(C(=O)OCc4ccccc4Cl)c3)o2)C1=O. The molecule has 0 bridgehead atoms. The van der Waals surface area contributed by atoms with E-state index in [0.29, 0.717) is 27.7 Å². The third kappa shape index (κ3) is 5.21. The minimum absolute atomic E-state index is 0.0135. The lowest BCUT2D eigenvalue weighted by molar-refractivity contribution is -0.140. The first kappa shape index (κ1) is 26.0. The van der Waals surface area contributed by atoms with E-state index in [1.54, 1.807) is 68.4 Å². The number of rotatable bonds is 6. The van der Waals surface area contributed by atoms with Crippen molar-refractivity contribution >= 4 is 47.1 Å². The van der Waals surface area contributed by atoms with Crippen molar-refractivity contribution in [1.82, 2.24) is 4.90 Å². The van der Waals surface area contributed by atoms with Crippen LogP contribution in [0.2, 0.25) is 10.0 Å². The number of carbonyl (C=O) groups is 3. The summed E-state index contributed by atoms with van der Waals surface area (Å²) in [5.74, 6) is -0.991. The molecule has 0 saturated heterocycles. The third-order valence-electron chi connectivity index (χ3n) is 5.84. The van der Waals surface area contributed by atoms with E-state index in [1.807, 2.05) is 6.07 Å². The molecule has 0 aliphatic carbocycles. The van der Waals surface area contributed by atoms with Gasteiger partial charge in [0.2, 0.25) is 0 Å². The number of halogens is 2. The van der Waals surface area contributed by atoms with Gasteiger partial charge in [-0.05, 0) is 61.9 Å². The standard InChI is InChI=1S/C28H20Cl2N2O5/c1-3-32-26(33)20(16(2)22(14-31)27(32)34)13-19-9-11-25(37-19)17-8-10-24(30)21(12-17)28(35)36-15-18-6-4-5-7-23(18)29/h4-13H,3,15H2,1-2H3/b20-13-. The predicted molar refractivity (Wildman–Crippen MR) is 138 cm³/mol. The van der Waals surface area contributed by atoms with E-state index in [-0.39, 0.29) is 40.5 Å². The molecule has 0 atom stereocenters. The largest absolute Gasteiger partial charge is 0.457 e. The number of hydrogen-bond donors (Lipinski definition) is 0. The number of likely N-dealkylation sites (N-methyl/N-ethyl adjacent to an activating group) is 1. The van der Waals surface area contributed by atoms with E-state index >= 15 is 0 Å². The molecule has 7 nitrogen and oxygen atoms in total. The van der Waals surface area contributed by atoms with Gasteiger partial charge >= 0.3 is 5.97 Å². The summed E-state index contributed by atoms with van der Waals surface area (Å²) in [5, 5.41) is 10.1. The first-order chi connectivity index (χ1) is 17.7. The molecule has 2 amide bonds. The average molecular weight is 535 g/mol. The Morgan fingerprint density at radius 1 is 1.08 bits per heavy atom. The zero-order chi connectivity index (χ0) is 26.7. The molecule has 0 unspecified atom stereocenters. The molecule has 1 aliphatic rings. The summed E-state index contributed by atoms with van der Waals surface area (Å²) in [7, 11) is 0. The predicted octanol–water partition coefficient (Wildman–Crippen LogP) is 6.22. The van der Waals surface area contributed by atoms with Crippen LogP contribution in [0.3, 0.4) is 0 Å². The highest BCUT2D eigenvalue weighted by molar-refractivity contribution is 6.33. The Morgan fingerprint density at radius 2 is 1.84 bits per heavy atom. The Kier molecular flexibility index (Phi) is 7.63. The van der Waals surface area contributed by atoms with E-state index in [9.17, 15) is 19.6 Å². The summed E-state index contributed by atoms with van der Waals surface area (Å²) in [4.78, 5) is 39.0. The second-order valence-electron chi connectivity index (χ2n) is 8.09. The lowest BCUT2D eigenvalue weighted by atomic mass is 9.95. The van der Waals surface area contributed by atoms with Crippen molar-refractivity contribution in [2.75, 3.05) is 6.54 Å². The smallest absolute Gasteiger partial charge is 0.340 e. The summed E-state index contributed by atoms with van der Waals surface area (Å²) in [6, 6.07) is 17.0. The van der Waals surface area contributed by atoms with Crippen LogP contribution in [0.4, 0.5) is 0 Å². The first-order valence-corrected chi connectivity index (χ1v) is 12.0. The number of nitriles is 1. The molecule has 2 heterocycles. The molecule has 1 aliphatic heterocycles. The Morgan fingerprint density at radius 3 is 2.54 bits per heavy atom. The van der Waals surface area contributed by atoms with Crippen molar-refractivity contribution in [3.63, 3.8) is 0 Å².